The zero-order chi connectivity index (χ0) is 14.0. The number of hydrogen-bond acceptors (Lipinski definition) is 2. The lowest BCUT2D eigenvalue weighted by Crippen LogP contribution is -2.28. The zero-order valence-electron chi connectivity index (χ0n) is 12.2. The van der Waals surface area contributed by atoms with Gasteiger partial charge in [-0.1, -0.05) is 62.6 Å². The summed E-state index contributed by atoms with van der Waals surface area (Å²) >= 11 is 0. The molecule has 2 aromatic carbocycles. The molecule has 0 atom stereocenters. The molecule has 2 aromatic rings. The lowest BCUT2D eigenvalue weighted by Gasteiger charge is -2.24. The van der Waals surface area contributed by atoms with Crippen molar-refractivity contribution in [3.63, 3.8) is 0 Å². The molecule has 2 heteroatoms. The van der Waals surface area contributed by atoms with Crippen LogP contribution in [0.25, 0.3) is 0 Å². The summed E-state index contributed by atoms with van der Waals surface area (Å²) in [7, 11) is 0. The summed E-state index contributed by atoms with van der Waals surface area (Å²) < 4.78 is 0. The SMILES string of the molecule is CCCCCCN(Oc1ccccc1)c1ccccc1. The summed E-state index contributed by atoms with van der Waals surface area (Å²) in [4.78, 5) is 6.01. The Bertz CT molecular complexity index is 469. The molecule has 0 aliphatic carbocycles. The third-order valence-corrected chi connectivity index (χ3v) is 3.22. The number of rotatable bonds is 8. The van der Waals surface area contributed by atoms with Crippen LogP contribution in [-0.2, 0) is 0 Å². The largest absolute Gasteiger partial charge is 0.380 e. The quantitative estimate of drug-likeness (QED) is 0.490. The van der Waals surface area contributed by atoms with Gasteiger partial charge in [-0.05, 0) is 30.7 Å². The monoisotopic (exact) mass is 269 g/mol. The molecule has 0 saturated carbocycles. The van der Waals surface area contributed by atoms with Gasteiger partial charge >= 0.3 is 0 Å². The minimum Gasteiger partial charge on any atom is -0.380 e. The van der Waals surface area contributed by atoms with Crippen LogP contribution in [-0.4, -0.2) is 6.54 Å². The highest BCUT2D eigenvalue weighted by Gasteiger charge is 2.07. The van der Waals surface area contributed by atoms with Crippen molar-refractivity contribution in [1.82, 2.24) is 0 Å². The minimum absolute atomic E-state index is 0.881. The van der Waals surface area contributed by atoms with Crippen LogP contribution in [0, 0.1) is 0 Å². The summed E-state index contributed by atoms with van der Waals surface area (Å²) in [5, 5.41) is 1.99. The van der Waals surface area contributed by atoms with Crippen molar-refractivity contribution in [1.29, 1.82) is 0 Å². The Morgan fingerprint density at radius 3 is 2.10 bits per heavy atom. The average molecular weight is 269 g/mol. The van der Waals surface area contributed by atoms with E-state index in [4.69, 9.17) is 4.84 Å². The number of hydrogen-bond donors (Lipinski definition) is 0. The summed E-state index contributed by atoms with van der Waals surface area (Å²) in [6.07, 6.45) is 4.94. The second-order valence-electron chi connectivity index (χ2n) is 4.90. The highest BCUT2D eigenvalue weighted by Crippen LogP contribution is 2.19. The van der Waals surface area contributed by atoms with E-state index in [9.17, 15) is 0 Å². The molecule has 0 bridgehead atoms. The van der Waals surface area contributed by atoms with E-state index < -0.39 is 0 Å². The standard InChI is InChI=1S/C18H23NO/c1-2-3-4-11-16-19(17-12-7-5-8-13-17)20-18-14-9-6-10-15-18/h5-10,12-15H,2-4,11,16H2,1H3. The van der Waals surface area contributed by atoms with Gasteiger partial charge in [-0.2, -0.15) is 0 Å². The number of unbranched alkanes of at least 4 members (excludes halogenated alkanes) is 3. The van der Waals surface area contributed by atoms with E-state index >= 15 is 0 Å². The summed E-state index contributed by atoms with van der Waals surface area (Å²) in [6, 6.07) is 20.3. The number of benzene rings is 2. The molecule has 0 N–H and O–H groups in total. The van der Waals surface area contributed by atoms with Gasteiger partial charge in [0.05, 0.1) is 12.2 Å². The van der Waals surface area contributed by atoms with Crippen LogP contribution in [0.5, 0.6) is 5.75 Å². The number of para-hydroxylation sites is 2. The van der Waals surface area contributed by atoms with E-state index in [0.29, 0.717) is 0 Å². The van der Waals surface area contributed by atoms with E-state index in [1.165, 1.54) is 19.3 Å². The third kappa shape index (κ3) is 4.61. The maximum absolute atomic E-state index is 6.01. The molecule has 0 spiro atoms. The van der Waals surface area contributed by atoms with E-state index in [1.807, 2.05) is 53.6 Å². The van der Waals surface area contributed by atoms with Gasteiger partial charge < -0.3 is 4.84 Å². The van der Waals surface area contributed by atoms with Gasteiger partial charge in [0.1, 0.15) is 0 Å². The molecule has 0 saturated heterocycles. The van der Waals surface area contributed by atoms with Gasteiger partial charge in [-0.3, -0.25) is 0 Å². The normalized spacial score (nSPS) is 10.2. The average Bonchev–Trinajstić information content (AvgIpc) is 2.52. The molecule has 0 amide bonds. The van der Waals surface area contributed by atoms with E-state index in [0.717, 1.165) is 24.4 Å². The molecule has 20 heavy (non-hydrogen) atoms. The molecular weight excluding hydrogens is 246 g/mol. The Hall–Kier alpha value is -1.96. The van der Waals surface area contributed by atoms with Crippen LogP contribution < -0.4 is 9.90 Å². The van der Waals surface area contributed by atoms with Gasteiger partial charge in [0.25, 0.3) is 0 Å². The fourth-order valence-corrected chi connectivity index (χ4v) is 2.11. The zero-order valence-corrected chi connectivity index (χ0v) is 12.2. The van der Waals surface area contributed by atoms with Crippen molar-refractivity contribution in [2.45, 2.75) is 32.6 Å². The van der Waals surface area contributed by atoms with Gasteiger partial charge in [-0.15, -0.1) is 0 Å². The molecular formula is C18H23NO. The highest BCUT2D eigenvalue weighted by molar-refractivity contribution is 5.44. The highest BCUT2D eigenvalue weighted by atomic mass is 16.7. The van der Waals surface area contributed by atoms with Crippen LogP contribution in [0.4, 0.5) is 5.69 Å². The summed E-state index contributed by atoms with van der Waals surface area (Å²) in [6.45, 7) is 3.15. The number of anilines is 1. The van der Waals surface area contributed by atoms with Crippen molar-refractivity contribution < 1.29 is 4.84 Å². The van der Waals surface area contributed by atoms with Crippen molar-refractivity contribution >= 4 is 5.69 Å². The minimum atomic E-state index is 0.881. The molecule has 0 aliphatic heterocycles. The predicted molar refractivity (Wildman–Crippen MR) is 85.0 cm³/mol. The Labute approximate surface area is 122 Å². The van der Waals surface area contributed by atoms with Crippen LogP contribution in [0.3, 0.4) is 0 Å². The van der Waals surface area contributed by atoms with Gasteiger partial charge in [0.2, 0.25) is 0 Å². The van der Waals surface area contributed by atoms with Crippen molar-refractivity contribution in [2.24, 2.45) is 0 Å². The Balaban J connectivity index is 2.00. The molecule has 2 rings (SSSR count). The second kappa shape index (κ2) is 8.26. The molecule has 0 aliphatic rings. The fourth-order valence-electron chi connectivity index (χ4n) is 2.11. The molecule has 0 radical (unpaired) electrons. The van der Waals surface area contributed by atoms with E-state index in [1.54, 1.807) is 0 Å². The first kappa shape index (κ1) is 14.4. The smallest absolute Gasteiger partial charge is 0.155 e. The topological polar surface area (TPSA) is 12.5 Å². The lowest BCUT2D eigenvalue weighted by molar-refractivity contribution is 0.275. The predicted octanol–water partition coefficient (Wildman–Crippen LogP) is 5.07. The molecule has 0 fully saturated rings. The van der Waals surface area contributed by atoms with Gasteiger partial charge in [0, 0.05) is 0 Å². The maximum Gasteiger partial charge on any atom is 0.155 e. The Morgan fingerprint density at radius 1 is 0.800 bits per heavy atom. The van der Waals surface area contributed by atoms with Crippen LogP contribution in [0.2, 0.25) is 0 Å². The second-order valence-corrected chi connectivity index (χ2v) is 4.90. The van der Waals surface area contributed by atoms with Crippen molar-refractivity contribution in [2.75, 3.05) is 11.6 Å². The van der Waals surface area contributed by atoms with Crippen molar-refractivity contribution in [3.05, 3.63) is 60.7 Å². The summed E-state index contributed by atoms with van der Waals surface area (Å²) in [5.41, 5.74) is 1.10. The van der Waals surface area contributed by atoms with Crippen LogP contribution >= 0.6 is 0 Å². The summed E-state index contributed by atoms with van der Waals surface area (Å²) in [5.74, 6) is 0.881. The number of nitrogens with zero attached hydrogens (tertiary/aromatic N) is 1. The molecule has 0 heterocycles. The Morgan fingerprint density at radius 2 is 1.45 bits per heavy atom. The van der Waals surface area contributed by atoms with E-state index in [-0.39, 0.29) is 0 Å². The number of hydroxylamine groups is 1. The fraction of sp³-hybridized carbons (Fsp3) is 0.333. The lowest BCUT2D eigenvalue weighted by atomic mass is 10.2. The Kier molecular flexibility index (Phi) is 5.97. The first-order valence-corrected chi connectivity index (χ1v) is 7.46. The van der Waals surface area contributed by atoms with Crippen LogP contribution in [0.1, 0.15) is 32.6 Å². The van der Waals surface area contributed by atoms with E-state index in [2.05, 4.69) is 19.1 Å². The maximum atomic E-state index is 6.01. The van der Waals surface area contributed by atoms with Gasteiger partial charge in [-0.25, -0.2) is 5.06 Å². The van der Waals surface area contributed by atoms with Crippen molar-refractivity contribution in [3.8, 4) is 5.75 Å². The molecule has 2 nitrogen and oxygen atoms in total. The first-order valence-electron chi connectivity index (χ1n) is 7.46. The first-order chi connectivity index (χ1) is 9.90. The third-order valence-electron chi connectivity index (χ3n) is 3.22. The molecule has 106 valence electrons. The molecule has 0 aromatic heterocycles. The molecule has 0 unspecified atom stereocenters. The van der Waals surface area contributed by atoms with Crippen LogP contribution in [0.15, 0.2) is 60.7 Å². The van der Waals surface area contributed by atoms with Gasteiger partial charge in [0.15, 0.2) is 5.75 Å².